The molecule has 1 unspecified atom stereocenters. The van der Waals surface area contributed by atoms with Crippen molar-refractivity contribution >= 4 is 17.2 Å². The zero-order valence-electron chi connectivity index (χ0n) is 17.2. The van der Waals surface area contributed by atoms with E-state index in [1.165, 1.54) is 36.1 Å². The summed E-state index contributed by atoms with van der Waals surface area (Å²) in [5, 5.41) is 8.95. The van der Waals surface area contributed by atoms with Crippen molar-refractivity contribution in [1.82, 2.24) is 15.1 Å². The monoisotopic (exact) mass is 468 g/mol. The summed E-state index contributed by atoms with van der Waals surface area (Å²) in [6, 6.07) is 9.41. The molecule has 1 amide bonds. The van der Waals surface area contributed by atoms with E-state index in [4.69, 9.17) is 5.73 Å². The number of hydrogen-bond donors (Lipinski definition) is 1. The molecule has 2 aromatic carbocycles. The van der Waals surface area contributed by atoms with Crippen LogP contribution in [0.1, 0.15) is 29.1 Å². The van der Waals surface area contributed by atoms with Gasteiger partial charge in [-0.1, -0.05) is 35.6 Å². The summed E-state index contributed by atoms with van der Waals surface area (Å²) in [7, 11) is 1.57. The van der Waals surface area contributed by atoms with E-state index in [1.807, 2.05) is 0 Å². The van der Waals surface area contributed by atoms with Crippen LogP contribution in [0.2, 0.25) is 0 Å². The second kappa shape index (κ2) is 9.61. The molecular formula is C21H20F4N4O2S. The number of ether oxygens (including phenoxy) is 1. The summed E-state index contributed by atoms with van der Waals surface area (Å²) >= 11 is 1.10. The number of alkyl halides is 3. The third kappa shape index (κ3) is 5.80. The van der Waals surface area contributed by atoms with Crippen LogP contribution in [0.3, 0.4) is 0 Å². The van der Waals surface area contributed by atoms with Crippen LogP contribution in [0.15, 0.2) is 42.5 Å². The van der Waals surface area contributed by atoms with E-state index in [2.05, 4.69) is 14.9 Å². The molecule has 3 aromatic rings. The summed E-state index contributed by atoms with van der Waals surface area (Å²) in [6.07, 6.45) is -4.68. The van der Waals surface area contributed by atoms with Gasteiger partial charge in [-0.3, -0.25) is 4.79 Å². The minimum absolute atomic E-state index is 0.138. The number of benzene rings is 2. The highest BCUT2D eigenvalue weighted by Crippen LogP contribution is 2.34. The van der Waals surface area contributed by atoms with E-state index in [-0.39, 0.29) is 24.6 Å². The van der Waals surface area contributed by atoms with Crippen molar-refractivity contribution in [1.29, 1.82) is 0 Å². The van der Waals surface area contributed by atoms with E-state index in [1.54, 1.807) is 25.2 Å². The maximum Gasteiger partial charge on any atom is 0.573 e. The molecule has 1 aromatic heterocycles. The van der Waals surface area contributed by atoms with Crippen LogP contribution in [0.4, 0.5) is 17.6 Å². The molecule has 0 saturated carbocycles. The summed E-state index contributed by atoms with van der Waals surface area (Å²) < 4.78 is 56.0. The van der Waals surface area contributed by atoms with Gasteiger partial charge in [-0.25, -0.2) is 4.39 Å². The van der Waals surface area contributed by atoms with Crippen LogP contribution >= 0.6 is 11.3 Å². The first kappa shape index (κ1) is 23.6. The highest BCUT2D eigenvalue weighted by Gasteiger charge is 2.31. The lowest BCUT2D eigenvalue weighted by molar-refractivity contribution is -0.274. The Hall–Kier alpha value is -3.05. The van der Waals surface area contributed by atoms with E-state index < -0.39 is 18.2 Å². The molecule has 0 aliphatic rings. The van der Waals surface area contributed by atoms with Gasteiger partial charge in [-0.2, -0.15) is 0 Å². The Kier molecular flexibility index (Phi) is 7.09. The molecule has 3 rings (SSSR count). The molecule has 1 heterocycles. The molecule has 0 radical (unpaired) electrons. The van der Waals surface area contributed by atoms with Crippen LogP contribution in [0.5, 0.6) is 5.75 Å². The molecule has 2 N–H and O–H groups in total. The SMILES string of the molecule is CC(=O)N(C)C(Cc1ccc(CN)cc1F)c1nnc(-c2cccc(OC(F)(F)F)c2)s1. The molecule has 6 nitrogen and oxygen atoms in total. The van der Waals surface area contributed by atoms with Crippen molar-refractivity contribution in [2.75, 3.05) is 7.05 Å². The zero-order chi connectivity index (χ0) is 23.5. The number of likely N-dealkylation sites (N-methyl/N-ethyl adjacent to an activating group) is 1. The Morgan fingerprint density at radius 2 is 1.97 bits per heavy atom. The zero-order valence-corrected chi connectivity index (χ0v) is 18.0. The summed E-state index contributed by atoms with van der Waals surface area (Å²) in [4.78, 5) is 13.5. The van der Waals surface area contributed by atoms with Crippen molar-refractivity contribution in [3.63, 3.8) is 0 Å². The normalized spacial score (nSPS) is 12.5. The smallest absolute Gasteiger partial charge is 0.406 e. The number of aromatic nitrogens is 2. The third-order valence-electron chi connectivity index (χ3n) is 4.77. The fraction of sp³-hybridized carbons (Fsp3) is 0.286. The first-order valence-electron chi connectivity index (χ1n) is 9.47. The highest BCUT2D eigenvalue weighted by molar-refractivity contribution is 7.14. The molecule has 0 fully saturated rings. The lowest BCUT2D eigenvalue weighted by Crippen LogP contribution is -2.30. The van der Waals surface area contributed by atoms with Gasteiger partial charge in [0.25, 0.3) is 0 Å². The van der Waals surface area contributed by atoms with Gasteiger partial charge >= 0.3 is 6.36 Å². The van der Waals surface area contributed by atoms with E-state index in [9.17, 15) is 22.4 Å². The molecule has 0 saturated heterocycles. The number of rotatable bonds is 7. The lowest BCUT2D eigenvalue weighted by atomic mass is 10.0. The molecule has 0 aliphatic carbocycles. The Balaban J connectivity index is 1.91. The number of amides is 1. The molecule has 0 bridgehead atoms. The Labute approximate surface area is 185 Å². The fourth-order valence-corrected chi connectivity index (χ4v) is 4.00. The predicted octanol–water partition coefficient (Wildman–Crippen LogP) is 4.46. The molecule has 1 atom stereocenters. The van der Waals surface area contributed by atoms with Crippen LogP contribution in [-0.4, -0.2) is 34.4 Å². The van der Waals surface area contributed by atoms with Crippen molar-refractivity contribution in [2.24, 2.45) is 5.73 Å². The lowest BCUT2D eigenvalue weighted by Gasteiger charge is -2.25. The summed E-state index contributed by atoms with van der Waals surface area (Å²) in [5.74, 6) is -1.09. The Bertz CT molecular complexity index is 1100. The Morgan fingerprint density at radius 3 is 2.59 bits per heavy atom. The van der Waals surface area contributed by atoms with Gasteiger partial charge in [0.1, 0.15) is 21.6 Å². The summed E-state index contributed by atoms with van der Waals surface area (Å²) in [5.41, 5.74) is 6.93. The molecular weight excluding hydrogens is 448 g/mol. The van der Waals surface area contributed by atoms with Crippen molar-refractivity contribution < 1.29 is 27.1 Å². The van der Waals surface area contributed by atoms with Gasteiger partial charge in [0, 0.05) is 32.5 Å². The number of halogens is 4. The second-order valence-electron chi connectivity index (χ2n) is 7.00. The Morgan fingerprint density at radius 1 is 1.22 bits per heavy atom. The molecule has 170 valence electrons. The van der Waals surface area contributed by atoms with Crippen molar-refractivity contribution in [3.8, 4) is 16.3 Å². The van der Waals surface area contributed by atoms with Gasteiger partial charge in [-0.05, 0) is 29.3 Å². The second-order valence-corrected chi connectivity index (χ2v) is 8.01. The first-order chi connectivity index (χ1) is 15.1. The van der Waals surface area contributed by atoms with Crippen LogP contribution in [-0.2, 0) is 17.8 Å². The van der Waals surface area contributed by atoms with Gasteiger partial charge in [-0.15, -0.1) is 23.4 Å². The fourth-order valence-electron chi connectivity index (χ4n) is 3.01. The molecule has 11 heteroatoms. The number of carbonyl (C=O) groups is 1. The number of hydrogen-bond acceptors (Lipinski definition) is 6. The van der Waals surface area contributed by atoms with Crippen LogP contribution in [0.25, 0.3) is 10.6 Å². The number of carbonyl (C=O) groups excluding carboxylic acids is 1. The maximum absolute atomic E-state index is 14.5. The van der Waals surface area contributed by atoms with Crippen LogP contribution in [0, 0.1) is 5.82 Å². The van der Waals surface area contributed by atoms with Crippen molar-refractivity contribution in [3.05, 3.63) is 64.4 Å². The number of nitrogens with zero attached hydrogens (tertiary/aromatic N) is 3. The van der Waals surface area contributed by atoms with Gasteiger partial charge < -0.3 is 15.4 Å². The van der Waals surface area contributed by atoms with E-state index >= 15 is 0 Å². The maximum atomic E-state index is 14.5. The molecule has 0 spiro atoms. The topological polar surface area (TPSA) is 81.3 Å². The highest BCUT2D eigenvalue weighted by atomic mass is 32.1. The quantitative estimate of drug-likeness (QED) is 0.518. The largest absolute Gasteiger partial charge is 0.573 e. The molecule has 32 heavy (non-hydrogen) atoms. The van der Waals surface area contributed by atoms with Crippen molar-refractivity contribution in [2.45, 2.75) is 32.3 Å². The first-order valence-corrected chi connectivity index (χ1v) is 10.3. The third-order valence-corrected chi connectivity index (χ3v) is 5.84. The standard InChI is InChI=1S/C21H20F4N4O2S/c1-12(30)29(2)18(10-14-7-6-13(11-26)8-17(14)22)20-28-27-19(32-20)15-4-3-5-16(9-15)31-21(23,24)25/h3-9,18H,10-11,26H2,1-2H3. The number of nitrogens with two attached hydrogens (primary N) is 1. The average molecular weight is 468 g/mol. The average Bonchev–Trinajstić information content (AvgIpc) is 3.21. The predicted molar refractivity (Wildman–Crippen MR) is 111 cm³/mol. The van der Waals surface area contributed by atoms with E-state index in [0.29, 0.717) is 26.7 Å². The van der Waals surface area contributed by atoms with Gasteiger partial charge in [0.2, 0.25) is 5.91 Å². The van der Waals surface area contributed by atoms with Gasteiger partial charge in [0.05, 0.1) is 6.04 Å². The van der Waals surface area contributed by atoms with Crippen LogP contribution < -0.4 is 10.5 Å². The summed E-state index contributed by atoms with van der Waals surface area (Å²) in [6.45, 7) is 1.58. The van der Waals surface area contributed by atoms with Gasteiger partial charge in [0.15, 0.2) is 0 Å². The minimum atomic E-state index is -4.82. The van der Waals surface area contributed by atoms with E-state index in [0.717, 1.165) is 11.3 Å². The minimum Gasteiger partial charge on any atom is -0.406 e. The molecule has 0 aliphatic heterocycles.